The quantitative estimate of drug-likeness (QED) is 0.0367. The molecule has 0 saturated heterocycles. The van der Waals surface area contributed by atoms with Gasteiger partial charge in [-0.15, -0.1) is 0 Å². The molecule has 0 aliphatic heterocycles. The molecule has 0 aliphatic carbocycles. The Labute approximate surface area is 430 Å². The molecule has 2 aromatic heterocycles. The van der Waals surface area contributed by atoms with Gasteiger partial charge in [-0.1, -0.05) is 23.2 Å². The summed E-state index contributed by atoms with van der Waals surface area (Å²) in [4.78, 5) is 47.1. The van der Waals surface area contributed by atoms with Gasteiger partial charge in [0.25, 0.3) is 0 Å². The molecule has 2 unspecified atom stereocenters. The summed E-state index contributed by atoms with van der Waals surface area (Å²) in [5.41, 5.74) is 0.437. The summed E-state index contributed by atoms with van der Waals surface area (Å²) in [6.07, 6.45) is 0.212. The van der Waals surface area contributed by atoms with Crippen molar-refractivity contribution in [2.45, 2.75) is 57.7 Å². The molecule has 1 N–H and O–H groups in total. The maximum Gasteiger partial charge on any atom is 0.303 e. The number of halogens is 6. The van der Waals surface area contributed by atoms with Crippen LogP contribution in [0.5, 0.6) is 34.5 Å². The Hall–Kier alpha value is -6.95. The lowest BCUT2D eigenvalue weighted by atomic mass is 9.91. The molecule has 0 amide bonds. The number of alkyl halides is 2. The third kappa shape index (κ3) is 14.8. The fourth-order valence-electron chi connectivity index (χ4n) is 7.41. The summed E-state index contributed by atoms with van der Waals surface area (Å²) in [6.45, 7) is 2.93. The number of methoxy groups -OCH3 is 4. The summed E-state index contributed by atoms with van der Waals surface area (Å²) in [7, 11) is 5.80. The van der Waals surface area contributed by atoms with Gasteiger partial charge in [-0.2, -0.15) is 0 Å². The first-order valence-electron chi connectivity index (χ1n) is 22.6. The van der Waals surface area contributed by atoms with E-state index in [0.29, 0.717) is 79.5 Å². The molecule has 6 aromatic rings. The van der Waals surface area contributed by atoms with Crippen LogP contribution in [0.4, 0.5) is 17.6 Å². The highest BCUT2D eigenvalue weighted by Crippen LogP contribution is 2.39. The fourth-order valence-corrected chi connectivity index (χ4v) is 7.77. The molecule has 388 valence electrons. The van der Waals surface area contributed by atoms with E-state index in [-0.39, 0.29) is 60.5 Å². The fraction of sp³-hybridized carbons (Fsp3) is 0.315. The molecule has 19 heteroatoms. The number of ketones is 2. The minimum absolute atomic E-state index is 0.00301. The molecule has 0 bridgehead atoms. The van der Waals surface area contributed by atoms with E-state index in [9.17, 15) is 37.1 Å². The van der Waals surface area contributed by atoms with E-state index >= 15 is 0 Å². The number of pyridine rings is 2. The molecule has 2 heterocycles. The van der Waals surface area contributed by atoms with Gasteiger partial charge in [-0.3, -0.25) is 14.4 Å². The molecule has 0 aliphatic rings. The first-order chi connectivity index (χ1) is 34.8. The Morgan fingerprint density at radius 2 is 0.973 bits per heavy atom. The maximum atomic E-state index is 13.7. The van der Waals surface area contributed by atoms with Crippen LogP contribution < -0.4 is 28.4 Å². The molecule has 6 rings (SSSR count). The van der Waals surface area contributed by atoms with E-state index in [1.807, 2.05) is 0 Å². The van der Waals surface area contributed by atoms with Crippen LogP contribution in [0, 0.1) is 11.6 Å². The summed E-state index contributed by atoms with van der Waals surface area (Å²) < 4.78 is 89.8. The Bertz CT molecular complexity index is 2910. The average Bonchev–Trinajstić information content (AvgIpc) is 3.39. The molecule has 13 nitrogen and oxygen atoms in total. The van der Waals surface area contributed by atoms with E-state index in [1.165, 1.54) is 90.0 Å². The number of carbonyl (C=O) groups excluding carboxylic acids is 3. The Morgan fingerprint density at radius 1 is 0.562 bits per heavy atom. The zero-order valence-electron chi connectivity index (χ0n) is 41.1. The second kappa shape index (κ2) is 26.1. The number of hydrogen-bond acceptors (Lipinski definition) is 13. The van der Waals surface area contributed by atoms with Crippen molar-refractivity contribution in [3.8, 4) is 57.0 Å². The summed E-state index contributed by atoms with van der Waals surface area (Å²) in [6, 6.07) is 24.1. The Balaban J connectivity index is 0.000000272. The third-order valence-corrected chi connectivity index (χ3v) is 11.9. The zero-order valence-corrected chi connectivity index (χ0v) is 42.6. The minimum Gasteiger partial charge on any atom is -0.494 e. The van der Waals surface area contributed by atoms with E-state index in [4.69, 9.17) is 56.4 Å². The Kier molecular flexibility index (Phi) is 20.4. The average molecular weight is 1050 g/mol. The van der Waals surface area contributed by atoms with Crippen LogP contribution in [0.15, 0.2) is 97.1 Å². The number of aliphatic hydroxyl groups is 1. The lowest BCUT2D eigenvalue weighted by Crippen LogP contribution is -2.30. The first kappa shape index (κ1) is 57.0. The second-order valence-corrected chi connectivity index (χ2v) is 17.3. The molecule has 0 fully saturated rings. The number of carbonyl (C=O) groups is 3. The summed E-state index contributed by atoms with van der Waals surface area (Å²) in [5.74, 6) is -0.0568. The van der Waals surface area contributed by atoms with Crippen LogP contribution in [0.2, 0.25) is 10.0 Å². The standard InChI is InChI=1S/C28H28ClF2NO6.C26H26ClF2NO5/c1-17(33)38-28(2,12-11-22(34)18-6-8-23(37-14-13-30)25(16-18)36-4)26-10-9-24(35-3)27(32-26)19-5-7-21(31)20(29)15-19;1-26(32,11-10-20(31)16-5-7-21(35-13-12-28)23(15-16)34-3)24-9-8-22(33-2)25(30-24)17-4-6-19(29)18(27)14-17/h5-10,15-16H,11-14H2,1-4H3;4-9,14-15,32H,10-13H2,1-3H3. The number of benzene rings is 4. The highest BCUT2D eigenvalue weighted by atomic mass is 35.5. The van der Waals surface area contributed by atoms with Gasteiger partial charge >= 0.3 is 5.97 Å². The zero-order chi connectivity index (χ0) is 53.5. The normalized spacial score (nSPS) is 12.5. The van der Waals surface area contributed by atoms with Crippen LogP contribution in [0.3, 0.4) is 0 Å². The van der Waals surface area contributed by atoms with Crippen molar-refractivity contribution in [3.05, 3.63) is 141 Å². The second-order valence-electron chi connectivity index (χ2n) is 16.5. The van der Waals surface area contributed by atoms with Crippen LogP contribution in [0.25, 0.3) is 22.5 Å². The van der Waals surface area contributed by atoms with E-state index in [1.54, 1.807) is 56.3 Å². The number of Topliss-reactive ketones (excluding diaryl/α,β-unsaturated/α-hetero) is 2. The van der Waals surface area contributed by atoms with E-state index in [0.717, 1.165) is 0 Å². The van der Waals surface area contributed by atoms with Crippen molar-refractivity contribution in [2.24, 2.45) is 0 Å². The molecule has 2 atom stereocenters. The van der Waals surface area contributed by atoms with Crippen molar-refractivity contribution in [1.82, 2.24) is 9.97 Å². The van der Waals surface area contributed by atoms with Gasteiger partial charge in [0.05, 0.1) is 49.9 Å². The van der Waals surface area contributed by atoms with Gasteiger partial charge in [0.15, 0.2) is 40.2 Å². The van der Waals surface area contributed by atoms with Gasteiger partial charge in [-0.25, -0.2) is 27.5 Å². The number of nitrogens with zero attached hydrogens (tertiary/aromatic N) is 2. The largest absolute Gasteiger partial charge is 0.494 e. The van der Waals surface area contributed by atoms with Gasteiger partial charge in [0.1, 0.15) is 66.7 Å². The highest BCUT2D eigenvalue weighted by molar-refractivity contribution is 6.31. The predicted octanol–water partition coefficient (Wildman–Crippen LogP) is 12.1. The number of esters is 1. The van der Waals surface area contributed by atoms with Crippen molar-refractivity contribution in [1.29, 1.82) is 0 Å². The predicted molar refractivity (Wildman–Crippen MR) is 267 cm³/mol. The monoisotopic (exact) mass is 1050 g/mol. The molecular formula is C54H54Cl2F4N2O11. The summed E-state index contributed by atoms with van der Waals surface area (Å²) >= 11 is 11.9. The minimum atomic E-state index is -1.45. The van der Waals surface area contributed by atoms with Gasteiger partial charge < -0.3 is 38.3 Å². The van der Waals surface area contributed by atoms with Crippen molar-refractivity contribution in [2.75, 3.05) is 55.0 Å². The first-order valence-corrected chi connectivity index (χ1v) is 23.3. The summed E-state index contributed by atoms with van der Waals surface area (Å²) in [5, 5.41) is 11.0. The van der Waals surface area contributed by atoms with Gasteiger partial charge in [0.2, 0.25) is 0 Å². The SMILES string of the molecule is COc1cc(C(=O)CCC(C)(O)c2ccc(OC)c(-c3ccc(F)c(Cl)c3)n2)ccc1OCCF.COc1cc(C(=O)CCC(C)(OC(C)=O)c2ccc(OC)c(-c3ccc(F)c(Cl)c3)n2)ccc1OCCF. The van der Waals surface area contributed by atoms with Crippen LogP contribution in [0.1, 0.15) is 78.6 Å². The lowest BCUT2D eigenvalue weighted by Gasteiger charge is -2.29. The van der Waals surface area contributed by atoms with Gasteiger partial charge in [0, 0.05) is 42.0 Å². The maximum absolute atomic E-state index is 13.7. The van der Waals surface area contributed by atoms with Crippen molar-refractivity contribution < 1.29 is 70.2 Å². The molecule has 0 spiro atoms. The third-order valence-electron chi connectivity index (χ3n) is 11.3. The number of rotatable bonds is 23. The van der Waals surface area contributed by atoms with Crippen molar-refractivity contribution in [3.63, 3.8) is 0 Å². The molecule has 73 heavy (non-hydrogen) atoms. The molecule has 0 saturated carbocycles. The van der Waals surface area contributed by atoms with Crippen LogP contribution in [-0.2, 0) is 20.7 Å². The smallest absolute Gasteiger partial charge is 0.303 e. The van der Waals surface area contributed by atoms with Gasteiger partial charge in [-0.05, 0) is 124 Å². The lowest BCUT2D eigenvalue weighted by molar-refractivity contribution is -0.157. The van der Waals surface area contributed by atoms with E-state index < -0.39 is 42.2 Å². The topological polar surface area (TPSA) is 162 Å². The number of ether oxygens (including phenoxy) is 7. The van der Waals surface area contributed by atoms with Crippen molar-refractivity contribution >= 4 is 40.7 Å². The molecule has 0 radical (unpaired) electrons. The molecule has 4 aromatic carbocycles. The van der Waals surface area contributed by atoms with Crippen LogP contribution >= 0.6 is 23.2 Å². The highest BCUT2D eigenvalue weighted by Gasteiger charge is 2.34. The van der Waals surface area contributed by atoms with E-state index in [2.05, 4.69) is 9.97 Å². The number of hydrogen-bond donors (Lipinski definition) is 1. The molecular weight excluding hydrogens is 999 g/mol. The Morgan fingerprint density at radius 3 is 1.38 bits per heavy atom. The number of aromatic nitrogens is 2. The van der Waals surface area contributed by atoms with Crippen LogP contribution in [-0.4, -0.2) is 87.6 Å².